The molecule has 0 spiro atoms. The normalized spacial score (nSPS) is 10.1. The van der Waals surface area contributed by atoms with Crippen molar-refractivity contribution in [2.75, 3.05) is 26.0 Å². The second kappa shape index (κ2) is 12.7. The van der Waals surface area contributed by atoms with E-state index in [9.17, 15) is 5.11 Å². The van der Waals surface area contributed by atoms with E-state index in [0.717, 1.165) is 5.56 Å². The standard InChI is InChI=1S/C17H19ClN2O3.C6H6ClNO/c1-22-16-9-13(10-19)8-15(18)17(16)23-7-6-20-11-12-2-4-14(21)5-3-12;7-5-3-4(8)1-2-6(5)9/h2-5,8-10,19-21H,6-7,11H2,1H3;1-3,9H,8H2. The van der Waals surface area contributed by atoms with Crippen LogP contribution < -0.4 is 20.5 Å². The van der Waals surface area contributed by atoms with Gasteiger partial charge in [0.15, 0.2) is 11.5 Å². The minimum Gasteiger partial charge on any atom is -0.508 e. The monoisotopic (exact) mass is 477 g/mol. The number of anilines is 1. The van der Waals surface area contributed by atoms with Gasteiger partial charge in [-0.3, -0.25) is 0 Å². The number of benzene rings is 3. The van der Waals surface area contributed by atoms with Gasteiger partial charge in [-0.15, -0.1) is 0 Å². The van der Waals surface area contributed by atoms with Gasteiger partial charge in [0.25, 0.3) is 0 Å². The van der Waals surface area contributed by atoms with Crippen LogP contribution in [0, 0.1) is 5.41 Å². The number of hydrogen-bond donors (Lipinski definition) is 5. The minimum absolute atomic E-state index is 0.0610. The molecule has 0 atom stereocenters. The van der Waals surface area contributed by atoms with E-state index >= 15 is 0 Å². The summed E-state index contributed by atoms with van der Waals surface area (Å²) < 4.78 is 10.9. The number of nitrogens with one attached hydrogen (secondary N) is 2. The Bertz CT molecular complexity index is 1030. The average Bonchev–Trinajstić information content (AvgIpc) is 2.78. The Balaban J connectivity index is 0.000000336. The van der Waals surface area contributed by atoms with E-state index in [1.165, 1.54) is 25.5 Å². The van der Waals surface area contributed by atoms with Crippen molar-refractivity contribution in [1.82, 2.24) is 5.32 Å². The van der Waals surface area contributed by atoms with Crippen LogP contribution in [0.2, 0.25) is 10.0 Å². The van der Waals surface area contributed by atoms with Crippen LogP contribution in [0.1, 0.15) is 11.1 Å². The molecule has 3 aromatic rings. The number of methoxy groups -OCH3 is 1. The zero-order chi connectivity index (χ0) is 23.5. The largest absolute Gasteiger partial charge is 0.508 e. The molecule has 0 aromatic heterocycles. The van der Waals surface area contributed by atoms with Crippen LogP contribution in [-0.4, -0.2) is 36.7 Å². The number of nitrogens with two attached hydrogens (primary N) is 1. The Morgan fingerprint density at radius 1 is 1.03 bits per heavy atom. The minimum atomic E-state index is 0.0610. The summed E-state index contributed by atoms with van der Waals surface area (Å²) in [6.07, 6.45) is 1.21. The third-order valence-electron chi connectivity index (χ3n) is 4.18. The number of phenolic OH excluding ortho intramolecular Hbond substituents is 2. The molecule has 0 bridgehead atoms. The lowest BCUT2D eigenvalue weighted by molar-refractivity contribution is 0.292. The first-order valence-corrected chi connectivity index (χ1v) is 10.3. The van der Waals surface area contributed by atoms with Crippen LogP contribution in [-0.2, 0) is 6.54 Å². The second-order valence-corrected chi connectivity index (χ2v) is 7.40. The van der Waals surface area contributed by atoms with Gasteiger partial charge < -0.3 is 36.1 Å². The molecule has 0 unspecified atom stereocenters. The van der Waals surface area contributed by atoms with Gasteiger partial charge in [0.1, 0.15) is 18.1 Å². The van der Waals surface area contributed by atoms with E-state index in [-0.39, 0.29) is 16.5 Å². The molecule has 0 aliphatic heterocycles. The van der Waals surface area contributed by atoms with Crippen molar-refractivity contribution in [3.8, 4) is 23.0 Å². The molecular formula is C23H25Cl2N3O4. The predicted molar refractivity (Wildman–Crippen MR) is 129 cm³/mol. The fourth-order valence-electron chi connectivity index (χ4n) is 2.56. The van der Waals surface area contributed by atoms with E-state index in [4.69, 9.17) is 48.9 Å². The van der Waals surface area contributed by atoms with Crippen LogP contribution in [0.25, 0.3) is 0 Å². The van der Waals surface area contributed by atoms with Crippen LogP contribution in [0.15, 0.2) is 54.6 Å². The second-order valence-electron chi connectivity index (χ2n) is 6.58. The molecule has 9 heteroatoms. The first-order chi connectivity index (χ1) is 15.3. The van der Waals surface area contributed by atoms with E-state index < -0.39 is 0 Å². The Hall–Kier alpha value is -3.13. The topological polar surface area (TPSA) is 121 Å². The molecule has 0 saturated carbocycles. The molecule has 0 heterocycles. The number of nitrogen functional groups attached to an aromatic ring is 1. The first-order valence-electron chi connectivity index (χ1n) is 9.57. The van der Waals surface area contributed by atoms with E-state index in [1.807, 2.05) is 12.1 Å². The Morgan fingerprint density at radius 3 is 2.34 bits per heavy atom. The quantitative estimate of drug-likeness (QED) is 0.137. The Labute approximate surface area is 196 Å². The molecule has 7 nitrogen and oxygen atoms in total. The smallest absolute Gasteiger partial charge is 0.179 e. The molecule has 3 aromatic carbocycles. The summed E-state index contributed by atoms with van der Waals surface area (Å²) in [4.78, 5) is 0. The molecule has 0 aliphatic rings. The van der Waals surface area contributed by atoms with Crippen molar-refractivity contribution in [2.24, 2.45) is 0 Å². The molecule has 3 rings (SSSR count). The number of halogens is 2. The summed E-state index contributed by atoms with van der Waals surface area (Å²) in [7, 11) is 1.54. The third-order valence-corrected chi connectivity index (χ3v) is 4.76. The SMILES string of the molecule is COc1cc(C=N)cc(Cl)c1OCCNCc1ccc(O)cc1.Nc1ccc(O)c(Cl)c1. The highest BCUT2D eigenvalue weighted by molar-refractivity contribution is 6.32. The summed E-state index contributed by atoms with van der Waals surface area (Å²) in [6.45, 7) is 1.74. The van der Waals surface area contributed by atoms with Crippen molar-refractivity contribution in [3.05, 3.63) is 75.8 Å². The maximum atomic E-state index is 9.23. The summed E-state index contributed by atoms with van der Waals surface area (Å²) in [5, 5.41) is 29.3. The number of ether oxygens (including phenoxy) is 2. The first kappa shape index (κ1) is 25.1. The number of phenols is 2. The van der Waals surface area contributed by atoms with Gasteiger partial charge in [-0.25, -0.2) is 0 Å². The van der Waals surface area contributed by atoms with Crippen LogP contribution in [0.4, 0.5) is 5.69 Å². The van der Waals surface area contributed by atoms with E-state index in [2.05, 4.69) is 5.32 Å². The van der Waals surface area contributed by atoms with Crippen LogP contribution >= 0.6 is 23.2 Å². The van der Waals surface area contributed by atoms with Crippen LogP contribution in [0.5, 0.6) is 23.0 Å². The highest BCUT2D eigenvalue weighted by Gasteiger charge is 2.11. The molecule has 0 fully saturated rings. The highest BCUT2D eigenvalue weighted by Crippen LogP contribution is 2.35. The van der Waals surface area contributed by atoms with Crippen molar-refractivity contribution in [1.29, 1.82) is 5.41 Å². The lowest BCUT2D eigenvalue weighted by Gasteiger charge is -2.13. The van der Waals surface area contributed by atoms with E-state index in [0.29, 0.717) is 47.5 Å². The van der Waals surface area contributed by atoms with Gasteiger partial charge in [0.05, 0.1) is 17.2 Å². The molecule has 0 amide bonds. The Kier molecular flexibility index (Phi) is 9.94. The zero-order valence-electron chi connectivity index (χ0n) is 17.4. The molecule has 170 valence electrons. The fraction of sp³-hybridized carbons (Fsp3) is 0.174. The number of hydrogen-bond acceptors (Lipinski definition) is 7. The molecule has 32 heavy (non-hydrogen) atoms. The van der Waals surface area contributed by atoms with Gasteiger partial charge in [-0.05, 0) is 53.6 Å². The molecular weight excluding hydrogens is 453 g/mol. The van der Waals surface area contributed by atoms with Gasteiger partial charge >= 0.3 is 0 Å². The zero-order valence-corrected chi connectivity index (χ0v) is 19.0. The number of aromatic hydroxyl groups is 2. The molecule has 6 N–H and O–H groups in total. The van der Waals surface area contributed by atoms with Gasteiger partial charge in [0.2, 0.25) is 0 Å². The van der Waals surface area contributed by atoms with E-state index in [1.54, 1.807) is 30.3 Å². The maximum absolute atomic E-state index is 9.23. The third kappa shape index (κ3) is 7.85. The molecule has 0 aliphatic carbocycles. The van der Waals surface area contributed by atoms with Gasteiger partial charge in [0, 0.05) is 25.0 Å². The molecule has 0 saturated heterocycles. The summed E-state index contributed by atoms with van der Waals surface area (Å²) >= 11 is 11.6. The van der Waals surface area contributed by atoms with Crippen LogP contribution in [0.3, 0.4) is 0 Å². The predicted octanol–water partition coefficient (Wildman–Crippen LogP) is 4.85. The summed E-state index contributed by atoms with van der Waals surface area (Å²) in [5.74, 6) is 1.30. The van der Waals surface area contributed by atoms with Gasteiger partial charge in [-0.1, -0.05) is 35.3 Å². The number of rotatable bonds is 8. The highest BCUT2D eigenvalue weighted by atomic mass is 35.5. The van der Waals surface area contributed by atoms with Gasteiger partial charge in [-0.2, -0.15) is 0 Å². The maximum Gasteiger partial charge on any atom is 0.179 e. The summed E-state index contributed by atoms with van der Waals surface area (Å²) in [6, 6.07) is 14.9. The fourth-order valence-corrected chi connectivity index (χ4v) is 3.02. The lowest BCUT2D eigenvalue weighted by atomic mass is 10.2. The lowest BCUT2D eigenvalue weighted by Crippen LogP contribution is -2.20. The molecule has 0 radical (unpaired) electrons. The summed E-state index contributed by atoms with van der Waals surface area (Å²) in [5.41, 5.74) is 7.62. The average molecular weight is 478 g/mol. The van der Waals surface area contributed by atoms with Crippen molar-refractivity contribution >= 4 is 35.1 Å². The van der Waals surface area contributed by atoms with Crippen molar-refractivity contribution < 1.29 is 19.7 Å². The Morgan fingerprint density at radius 2 is 1.75 bits per heavy atom. The van der Waals surface area contributed by atoms with Crippen molar-refractivity contribution in [3.63, 3.8) is 0 Å². The van der Waals surface area contributed by atoms with Crippen molar-refractivity contribution in [2.45, 2.75) is 6.54 Å².